The number of likely N-dealkylation sites (N-methyl/N-ethyl adjacent to an activating group) is 1. The van der Waals surface area contributed by atoms with Crippen molar-refractivity contribution in [1.29, 1.82) is 0 Å². The number of aliphatic hydroxyl groups is 1. The molecular weight excluding hydrogens is 219 g/mol. The second-order valence-electron chi connectivity index (χ2n) is 4.13. The maximum atomic E-state index is 13.3. The van der Waals surface area contributed by atoms with Gasteiger partial charge in [-0.25, -0.2) is 4.39 Å². The van der Waals surface area contributed by atoms with E-state index >= 15 is 0 Å². The Balaban J connectivity index is 3.02. The summed E-state index contributed by atoms with van der Waals surface area (Å²) in [5, 5.41) is 12.2. The lowest BCUT2D eigenvalue weighted by Crippen LogP contribution is -2.25. The van der Waals surface area contributed by atoms with Gasteiger partial charge in [-0.1, -0.05) is 6.92 Å². The summed E-state index contributed by atoms with van der Waals surface area (Å²) < 4.78 is 13.3. The van der Waals surface area contributed by atoms with Crippen LogP contribution in [0.2, 0.25) is 0 Å². The maximum Gasteiger partial charge on any atom is 0.123 e. The number of benzene rings is 1. The molecule has 1 rings (SSSR count). The number of nitrogens with one attached hydrogen (secondary N) is 1. The molecule has 0 spiro atoms. The Morgan fingerprint density at radius 3 is 2.76 bits per heavy atom. The molecule has 0 aliphatic heterocycles. The van der Waals surface area contributed by atoms with E-state index in [2.05, 4.69) is 5.32 Å². The van der Waals surface area contributed by atoms with Crippen LogP contribution in [0.5, 0.6) is 0 Å². The highest BCUT2D eigenvalue weighted by atomic mass is 19.1. The monoisotopic (exact) mass is 240 g/mol. The van der Waals surface area contributed by atoms with Gasteiger partial charge in [0, 0.05) is 25.3 Å². The smallest absolute Gasteiger partial charge is 0.123 e. The zero-order valence-electron chi connectivity index (χ0n) is 10.7. The Kier molecular flexibility index (Phi) is 5.38. The highest BCUT2D eigenvalue weighted by molar-refractivity contribution is 5.54. The molecule has 0 fully saturated rings. The van der Waals surface area contributed by atoms with Crippen molar-refractivity contribution in [2.24, 2.45) is 0 Å². The van der Waals surface area contributed by atoms with E-state index in [4.69, 9.17) is 5.11 Å². The Morgan fingerprint density at radius 2 is 2.18 bits per heavy atom. The van der Waals surface area contributed by atoms with Gasteiger partial charge in [0.2, 0.25) is 0 Å². The van der Waals surface area contributed by atoms with Gasteiger partial charge >= 0.3 is 0 Å². The fraction of sp³-hybridized carbons (Fsp3) is 0.538. The third-order valence-corrected chi connectivity index (χ3v) is 2.81. The van der Waals surface area contributed by atoms with Gasteiger partial charge in [-0.15, -0.1) is 0 Å². The van der Waals surface area contributed by atoms with Crippen LogP contribution >= 0.6 is 0 Å². The van der Waals surface area contributed by atoms with E-state index in [0.29, 0.717) is 6.54 Å². The van der Waals surface area contributed by atoms with Crippen LogP contribution in [0.15, 0.2) is 18.2 Å². The van der Waals surface area contributed by atoms with Gasteiger partial charge in [0.05, 0.1) is 6.61 Å². The van der Waals surface area contributed by atoms with Gasteiger partial charge in [0.15, 0.2) is 0 Å². The summed E-state index contributed by atoms with van der Waals surface area (Å²) in [7, 11) is 1.89. The average Bonchev–Trinajstić information content (AvgIpc) is 2.29. The molecule has 2 N–H and O–H groups in total. The van der Waals surface area contributed by atoms with Crippen LogP contribution in [0.4, 0.5) is 10.1 Å². The summed E-state index contributed by atoms with van der Waals surface area (Å²) in [4.78, 5) is 1.93. The van der Waals surface area contributed by atoms with E-state index < -0.39 is 0 Å². The van der Waals surface area contributed by atoms with Crippen molar-refractivity contribution in [2.45, 2.75) is 19.9 Å². The molecule has 96 valence electrons. The molecule has 1 atom stereocenters. The van der Waals surface area contributed by atoms with Crippen LogP contribution in [0, 0.1) is 5.82 Å². The van der Waals surface area contributed by atoms with Crippen molar-refractivity contribution in [2.75, 3.05) is 31.6 Å². The SMILES string of the molecule is CCNC(C)c1cc(F)ccc1N(C)CCO. The molecule has 4 heteroatoms. The minimum atomic E-state index is -0.231. The molecule has 1 aromatic carbocycles. The number of halogens is 1. The maximum absolute atomic E-state index is 13.3. The van der Waals surface area contributed by atoms with Crippen molar-refractivity contribution in [3.8, 4) is 0 Å². The third kappa shape index (κ3) is 3.68. The number of nitrogens with zero attached hydrogens (tertiary/aromatic N) is 1. The summed E-state index contributed by atoms with van der Waals surface area (Å²) in [6.45, 7) is 5.49. The van der Waals surface area contributed by atoms with E-state index in [-0.39, 0.29) is 18.5 Å². The van der Waals surface area contributed by atoms with Crippen molar-refractivity contribution < 1.29 is 9.50 Å². The predicted molar refractivity (Wildman–Crippen MR) is 68.8 cm³/mol. The first-order valence-electron chi connectivity index (χ1n) is 5.95. The van der Waals surface area contributed by atoms with E-state index in [1.165, 1.54) is 6.07 Å². The van der Waals surface area contributed by atoms with Crippen molar-refractivity contribution >= 4 is 5.69 Å². The molecule has 3 nitrogen and oxygen atoms in total. The van der Waals surface area contributed by atoms with Gasteiger partial charge in [0.1, 0.15) is 5.82 Å². The Hall–Kier alpha value is -1.13. The average molecular weight is 240 g/mol. The lowest BCUT2D eigenvalue weighted by atomic mass is 10.0. The molecule has 0 aliphatic carbocycles. The highest BCUT2D eigenvalue weighted by Crippen LogP contribution is 2.26. The number of aliphatic hydroxyl groups excluding tert-OH is 1. The van der Waals surface area contributed by atoms with E-state index in [0.717, 1.165) is 17.8 Å². The first kappa shape index (κ1) is 13.9. The predicted octanol–water partition coefficient (Wildman–Crippen LogP) is 1.92. The number of hydrogen-bond acceptors (Lipinski definition) is 3. The molecule has 0 heterocycles. The standard InChI is InChI=1S/C13H21FN2O/c1-4-15-10(2)12-9-11(14)5-6-13(12)16(3)7-8-17/h5-6,9-10,15,17H,4,7-8H2,1-3H3. The number of anilines is 1. The molecule has 0 amide bonds. The van der Waals surface area contributed by atoms with E-state index in [1.807, 2.05) is 25.8 Å². The molecule has 0 aliphatic rings. The summed E-state index contributed by atoms with van der Waals surface area (Å²) in [5.41, 5.74) is 1.87. The fourth-order valence-electron chi connectivity index (χ4n) is 1.91. The lowest BCUT2D eigenvalue weighted by Gasteiger charge is -2.25. The molecule has 0 bridgehead atoms. The molecule has 0 saturated heterocycles. The second kappa shape index (κ2) is 6.57. The topological polar surface area (TPSA) is 35.5 Å². The molecule has 0 radical (unpaired) electrons. The van der Waals surface area contributed by atoms with Crippen molar-refractivity contribution in [3.05, 3.63) is 29.6 Å². The number of hydrogen-bond donors (Lipinski definition) is 2. The van der Waals surface area contributed by atoms with Gasteiger partial charge in [-0.05, 0) is 37.2 Å². The van der Waals surface area contributed by atoms with Crippen LogP contribution in [0.3, 0.4) is 0 Å². The Labute approximate surface area is 102 Å². The molecule has 0 saturated carbocycles. The molecule has 17 heavy (non-hydrogen) atoms. The normalized spacial score (nSPS) is 12.5. The second-order valence-corrected chi connectivity index (χ2v) is 4.13. The quantitative estimate of drug-likeness (QED) is 0.797. The Bertz CT molecular complexity index is 357. The lowest BCUT2D eigenvalue weighted by molar-refractivity contribution is 0.304. The molecule has 1 unspecified atom stereocenters. The van der Waals surface area contributed by atoms with Crippen LogP contribution < -0.4 is 10.2 Å². The van der Waals surface area contributed by atoms with Crippen molar-refractivity contribution in [1.82, 2.24) is 5.32 Å². The van der Waals surface area contributed by atoms with Crippen molar-refractivity contribution in [3.63, 3.8) is 0 Å². The fourth-order valence-corrected chi connectivity index (χ4v) is 1.91. The molecule has 0 aromatic heterocycles. The first-order chi connectivity index (χ1) is 8.10. The summed E-state index contributed by atoms with van der Waals surface area (Å²) in [6, 6.07) is 4.85. The first-order valence-corrected chi connectivity index (χ1v) is 5.95. The van der Waals surface area contributed by atoms with Gasteiger partial charge in [0.25, 0.3) is 0 Å². The van der Waals surface area contributed by atoms with Gasteiger partial charge < -0.3 is 15.3 Å². The third-order valence-electron chi connectivity index (χ3n) is 2.81. The summed E-state index contributed by atoms with van der Waals surface area (Å²) in [6.07, 6.45) is 0. The van der Waals surface area contributed by atoms with Gasteiger partial charge in [-0.3, -0.25) is 0 Å². The molecular formula is C13H21FN2O. The number of rotatable bonds is 6. The van der Waals surface area contributed by atoms with E-state index in [9.17, 15) is 4.39 Å². The van der Waals surface area contributed by atoms with Crippen LogP contribution in [0.1, 0.15) is 25.5 Å². The Morgan fingerprint density at radius 1 is 1.47 bits per heavy atom. The van der Waals surface area contributed by atoms with Crippen LogP contribution in [-0.4, -0.2) is 31.9 Å². The zero-order chi connectivity index (χ0) is 12.8. The highest BCUT2D eigenvalue weighted by Gasteiger charge is 2.13. The largest absolute Gasteiger partial charge is 0.395 e. The minimum Gasteiger partial charge on any atom is -0.395 e. The van der Waals surface area contributed by atoms with Crippen LogP contribution in [0.25, 0.3) is 0 Å². The van der Waals surface area contributed by atoms with Crippen LogP contribution in [-0.2, 0) is 0 Å². The molecule has 1 aromatic rings. The summed E-state index contributed by atoms with van der Waals surface area (Å²) in [5.74, 6) is -0.231. The zero-order valence-corrected chi connectivity index (χ0v) is 10.7. The minimum absolute atomic E-state index is 0.0862. The van der Waals surface area contributed by atoms with Gasteiger partial charge in [-0.2, -0.15) is 0 Å². The van der Waals surface area contributed by atoms with E-state index in [1.54, 1.807) is 12.1 Å². The summed E-state index contributed by atoms with van der Waals surface area (Å²) >= 11 is 0.